The molecule has 2 N–H and O–H groups in total. The van der Waals surface area contributed by atoms with Gasteiger partial charge in [-0.05, 0) is 78.9 Å². The molecule has 0 aliphatic rings. The van der Waals surface area contributed by atoms with Crippen molar-refractivity contribution in [3.05, 3.63) is 123 Å². The maximum atomic E-state index is 12.5. The van der Waals surface area contributed by atoms with Gasteiger partial charge < -0.3 is 4.74 Å². The Morgan fingerprint density at radius 1 is 0.868 bits per heavy atom. The molecular formula is C27H19BrClN3O5S. The van der Waals surface area contributed by atoms with Crippen molar-refractivity contribution >= 4 is 61.3 Å². The lowest BCUT2D eigenvalue weighted by molar-refractivity contribution is 0.0734. The highest BCUT2D eigenvalue weighted by Crippen LogP contribution is 2.23. The largest absolute Gasteiger partial charge is 0.422 e. The number of hydrogen-bond donors (Lipinski definition) is 2. The van der Waals surface area contributed by atoms with Crippen LogP contribution in [0.25, 0.3) is 0 Å². The molecule has 0 bridgehead atoms. The quantitative estimate of drug-likeness (QED) is 0.112. The first-order valence-corrected chi connectivity index (χ1v) is 13.7. The van der Waals surface area contributed by atoms with Crippen LogP contribution in [0.4, 0.5) is 5.69 Å². The first-order valence-electron chi connectivity index (χ1n) is 11.0. The Labute approximate surface area is 232 Å². The van der Waals surface area contributed by atoms with Gasteiger partial charge in [0.05, 0.1) is 16.7 Å². The van der Waals surface area contributed by atoms with Gasteiger partial charge >= 0.3 is 5.97 Å². The number of amides is 1. The molecule has 4 aromatic carbocycles. The second kappa shape index (κ2) is 12.0. The van der Waals surface area contributed by atoms with Crippen molar-refractivity contribution in [3.8, 4) is 5.75 Å². The average Bonchev–Trinajstić information content (AvgIpc) is 2.91. The zero-order chi connectivity index (χ0) is 27.1. The van der Waals surface area contributed by atoms with E-state index in [-0.39, 0.29) is 16.2 Å². The smallest absolute Gasteiger partial charge is 0.343 e. The molecule has 38 heavy (non-hydrogen) atoms. The summed E-state index contributed by atoms with van der Waals surface area (Å²) in [6, 6.07) is 25.1. The lowest BCUT2D eigenvalue weighted by atomic mass is 10.2. The topological polar surface area (TPSA) is 114 Å². The zero-order valence-corrected chi connectivity index (χ0v) is 22.6. The minimum atomic E-state index is -3.75. The second-order valence-corrected chi connectivity index (χ2v) is 10.8. The van der Waals surface area contributed by atoms with Gasteiger partial charge in [-0.15, -0.1) is 0 Å². The number of hydrazone groups is 1. The minimum absolute atomic E-state index is 0.127. The Hall–Kier alpha value is -3.99. The van der Waals surface area contributed by atoms with Crippen LogP contribution in [0.5, 0.6) is 5.75 Å². The standard InChI is InChI=1S/C27H19BrClN3O5S/c28-21-10-15-25(37-27(34)19-6-11-22(29)12-7-19)20(16-21)17-30-31-26(33)18-8-13-23(14-9-18)32-38(35,36)24-4-2-1-3-5-24/h1-17,32H,(H,31,33). The van der Waals surface area contributed by atoms with Crippen LogP contribution in [0.15, 0.2) is 112 Å². The first-order chi connectivity index (χ1) is 18.2. The van der Waals surface area contributed by atoms with Crippen molar-refractivity contribution in [1.82, 2.24) is 5.43 Å². The van der Waals surface area contributed by atoms with Crippen LogP contribution >= 0.6 is 27.5 Å². The molecule has 4 aromatic rings. The van der Waals surface area contributed by atoms with Crippen molar-refractivity contribution < 1.29 is 22.7 Å². The van der Waals surface area contributed by atoms with Crippen molar-refractivity contribution in [3.63, 3.8) is 0 Å². The van der Waals surface area contributed by atoms with Crippen LogP contribution in [-0.4, -0.2) is 26.5 Å². The number of carbonyl (C=O) groups excluding carboxylic acids is 2. The summed E-state index contributed by atoms with van der Waals surface area (Å²) in [5.74, 6) is -0.861. The average molecular weight is 613 g/mol. The van der Waals surface area contributed by atoms with Gasteiger partial charge in [0.2, 0.25) is 0 Å². The maximum Gasteiger partial charge on any atom is 0.343 e. The fourth-order valence-corrected chi connectivity index (χ4v) is 4.77. The summed E-state index contributed by atoms with van der Waals surface area (Å²) < 4.78 is 33.6. The Kier molecular flexibility index (Phi) is 8.57. The van der Waals surface area contributed by atoms with Gasteiger partial charge in [-0.25, -0.2) is 18.6 Å². The number of sulfonamides is 1. The van der Waals surface area contributed by atoms with Crippen LogP contribution < -0.4 is 14.9 Å². The van der Waals surface area contributed by atoms with Crippen molar-refractivity contribution in [1.29, 1.82) is 0 Å². The number of nitrogens with one attached hydrogen (secondary N) is 2. The summed E-state index contributed by atoms with van der Waals surface area (Å²) >= 11 is 9.23. The van der Waals surface area contributed by atoms with E-state index in [4.69, 9.17) is 16.3 Å². The summed E-state index contributed by atoms with van der Waals surface area (Å²) in [6.45, 7) is 0. The molecule has 0 saturated carbocycles. The lowest BCUT2D eigenvalue weighted by Gasteiger charge is -2.09. The van der Waals surface area contributed by atoms with Gasteiger partial charge in [0.15, 0.2) is 0 Å². The number of hydrogen-bond acceptors (Lipinski definition) is 6. The lowest BCUT2D eigenvalue weighted by Crippen LogP contribution is -2.18. The fourth-order valence-electron chi connectivity index (χ4n) is 3.19. The summed E-state index contributed by atoms with van der Waals surface area (Å²) in [4.78, 5) is 25.1. The number of carbonyl (C=O) groups is 2. The molecule has 0 atom stereocenters. The Morgan fingerprint density at radius 3 is 2.21 bits per heavy atom. The second-order valence-electron chi connectivity index (χ2n) is 7.77. The van der Waals surface area contributed by atoms with Gasteiger partial charge in [-0.3, -0.25) is 9.52 Å². The number of ether oxygens (including phenoxy) is 1. The first kappa shape index (κ1) is 27.1. The third-order valence-electron chi connectivity index (χ3n) is 5.08. The van der Waals surface area contributed by atoms with Gasteiger partial charge in [0.1, 0.15) is 5.75 Å². The summed E-state index contributed by atoms with van der Waals surface area (Å²) in [7, 11) is -3.75. The number of rotatable bonds is 8. The molecule has 11 heteroatoms. The normalized spacial score (nSPS) is 11.2. The van der Waals surface area contributed by atoms with Crippen LogP contribution in [-0.2, 0) is 10.0 Å². The predicted octanol–water partition coefficient (Wildman–Crippen LogP) is 5.89. The molecule has 0 aliphatic carbocycles. The number of benzene rings is 4. The van der Waals surface area contributed by atoms with Crippen LogP contribution in [0.3, 0.4) is 0 Å². The molecule has 0 fully saturated rings. The van der Waals surface area contributed by atoms with Crippen LogP contribution in [0.1, 0.15) is 26.3 Å². The van der Waals surface area contributed by atoms with Gasteiger partial charge in [-0.2, -0.15) is 5.10 Å². The van der Waals surface area contributed by atoms with Crippen molar-refractivity contribution in [2.24, 2.45) is 5.10 Å². The molecule has 192 valence electrons. The number of halogens is 2. The van der Waals surface area contributed by atoms with Crippen LogP contribution in [0.2, 0.25) is 5.02 Å². The Bertz CT molecular complexity index is 1590. The van der Waals surface area contributed by atoms with E-state index in [9.17, 15) is 18.0 Å². The molecule has 0 aromatic heterocycles. The van der Waals surface area contributed by atoms with E-state index in [1.807, 2.05) is 0 Å². The van der Waals surface area contributed by atoms with E-state index in [1.165, 1.54) is 42.6 Å². The molecule has 0 saturated heterocycles. The van der Waals surface area contributed by atoms with E-state index < -0.39 is 21.9 Å². The fraction of sp³-hybridized carbons (Fsp3) is 0. The molecule has 0 unspecified atom stereocenters. The zero-order valence-electron chi connectivity index (χ0n) is 19.5. The molecule has 0 aliphatic heterocycles. The third kappa shape index (κ3) is 7.06. The van der Waals surface area contributed by atoms with E-state index >= 15 is 0 Å². The monoisotopic (exact) mass is 611 g/mol. The summed E-state index contributed by atoms with van der Waals surface area (Å²) in [5.41, 5.74) is 3.72. The molecule has 0 spiro atoms. The summed E-state index contributed by atoms with van der Waals surface area (Å²) in [6.07, 6.45) is 1.34. The van der Waals surface area contributed by atoms with Gasteiger partial charge in [-0.1, -0.05) is 45.7 Å². The molecule has 4 rings (SSSR count). The molecule has 1 amide bonds. The summed E-state index contributed by atoms with van der Waals surface area (Å²) in [5, 5.41) is 4.46. The number of nitrogens with zero attached hydrogens (tertiary/aromatic N) is 1. The van der Waals surface area contributed by atoms with E-state index in [2.05, 4.69) is 31.2 Å². The maximum absolute atomic E-state index is 12.5. The minimum Gasteiger partial charge on any atom is -0.422 e. The van der Waals surface area contributed by atoms with E-state index in [0.717, 1.165) is 0 Å². The van der Waals surface area contributed by atoms with E-state index in [0.29, 0.717) is 26.3 Å². The Balaban J connectivity index is 1.40. The van der Waals surface area contributed by atoms with E-state index in [1.54, 1.807) is 60.7 Å². The molecule has 0 radical (unpaired) electrons. The van der Waals surface area contributed by atoms with Gasteiger partial charge in [0.25, 0.3) is 15.9 Å². The third-order valence-corrected chi connectivity index (χ3v) is 7.22. The highest BCUT2D eigenvalue weighted by Gasteiger charge is 2.14. The van der Waals surface area contributed by atoms with Gasteiger partial charge in [0, 0.05) is 26.3 Å². The van der Waals surface area contributed by atoms with Crippen molar-refractivity contribution in [2.75, 3.05) is 4.72 Å². The molecule has 8 nitrogen and oxygen atoms in total. The molecular weight excluding hydrogens is 594 g/mol. The Morgan fingerprint density at radius 2 is 1.53 bits per heavy atom. The highest BCUT2D eigenvalue weighted by atomic mass is 79.9. The SMILES string of the molecule is O=C(NN=Cc1cc(Br)ccc1OC(=O)c1ccc(Cl)cc1)c1ccc(NS(=O)(=O)c2ccccc2)cc1. The molecule has 0 heterocycles. The highest BCUT2D eigenvalue weighted by molar-refractivity contribution is 9.10. The predicted molar refractivity (Wildman–Crippen MR) is 149 cm³/mol. The van der Waals surface area contributed by atoms with Crippen molar-refractivity contribution in [2.45, 2.75) is 4.90 Å². The van der Waals surface area contributed by atoms with Crippen LogP contribution in [0, 0.1) is 0 Å². The number of anilines is 1. The number of esters is 1.